The number of likely N-dealkylation sites (tertiary alicyclic amines) is 1. The fraction of sp³-hybridized carbons (Fsp3) is 1.00. The van der Waals surface area contributed by atoms with E-state index < -0.39 is 0 Å². The maximum absolute atomic E-state index is 6.16. The van der Waals surface area contributed by atoms with Crippen LogP contribution < -0.4 is 5.73 Å². The van der Waals surface area contributed by atoms with Crippen molar-refractivity contribution >= 4 is 0 Å². The fourth-order valence-electron chi connectivity index (χ4n) is 3.91. The van der Waals surface area contributed by atoms with Gasteiger partial charge in [-0.1, -0.05) is 13.3 Å². The van der Waals surface area contributed by atoms with Crippen molar-refractivity contribution in [1.82, 2.24) is 9.80 Å². The van der Waals surface area contributed by atoms with Gasteiger partial charge in [0.25, 0.3) is 0 Å². The second kappa shape index (κ2) is 5.25. The van der Waals surface area contributed by atoms with Gasteiger partial charge in [0, 0.05) is 24.7 Å². The highest BCUT2D eigenvalue weighted by Crippen LogP contribution is 2.40. The van der Waals surface area contributed by atoms with Crippen molar-refractivity contribution in [3.63, 3.8) is 0 Å². The maximum atomic E-state index is 6.16. The summed E-state index contributed by atoms with van der Waals surface area (Å²) < 4.78 is 0. The molecular formula is C14H29N3. The molecule has 1 aliphatic heterocycles. The van der Waals surface area contributed by atoms with Crippen molar-refractivity contribution in [1.29, 1.82) is 0 Å². The third kappa shape index (κ3) is 2.38. The quantitative estimate of drug-likeness (QED) is 0.811. The van der Waals surface area contributed by atoms with Gasteiger partial charge in [0.05, 0.1) is 0 Å². The van der Waals surface area contributed by atoms with Gasteiger partial charge in [-0.2, -0.15) is 0 Å². The minimum atomic E-state index is 0.314. The Morgan fingerprint density at radius 2 is 2.06 bits per heavy atom. The maximum Gasteiger partial charge on any atom is 0.0357 e. The molecule has 17 heavy (non-hydrogen) atoms. The molecule has 0 aromatic heterocycles. The topological polar surface area (TPSA) is 32.5 Å². The molecule has 3 nitrogen and oxygen atoms in total. The second-order valence-electron chi connectivity index (χ2n) is 6.31. The lowest BCUT2D eigenvalue weighted by Crippen LogP contribution is -2.60. The van der Waals surface area contributed by atoms with E-state index in [1.165, 1.54) is 45.2 Å². The first kappa shape index (κ1) is 13.3. The summed E-state index contributed by atoms with van der Waals surface area (Å²) in [4.78, 5) is 5.11. The average Bonchev–Trinajstić information content (AvgIpc) is 2.71. The predicted octanol–water partition coefficient (Wildman–Crippen LogP) is 1.53. The Morgan fingerprint density at radius 1 is 1.29 bits per heavy atom. The highest BCUT2D eigenvalue weighted by Gasteiger charge is 2.45. The number of nitrogens with two attached hydrogens (primary N) is 1. The Hall–Kier alpha value is -0.120. The molecule has 3 atom stereocenters. The van der Waals surface area contributed by atoms with Gasteiger partial charge in [0.1, 0.15) is 0 Å². The molecule has 1 saturated carbocycles. The molecule has 0 spiro atoms. The summed E-state index contributed by atoms with van der Waals surface area (Å²) in [5.41, 5.74) is 6.47. The van der Waals surface area contributed by atoms with Crippen LogP contribution in [0.15, 0.2) is 0 Å². The molecule has 100 valence electrons. The van der Waals surface area contributed by atoms with Crippen LogP contribution in [0.2, 0.25) is 0 Å². The standard InChI is InChI=1S/C14H29N3/c1-12-6-4-8-14(12,11-15)17-9-5-7-13(10-17)16(2)3/h12-13H,4-11,15H2,1-3H3. The zero-order valence-electron chi connectivity index (χ0n) is 11.8. The van der Waals surface area contributed by atoms with Gasteiger partial charge in [-0.15, -0.1) is 0 Å². The zero-order valence-corrected chi connectivity index (χ0v) is 11.8. The first-order chi connectivity index (χ1) is 8.10. The van der Waals surface area contributed by atoms with Crippen molar-refractivity contribution in [2.45, 2.75) is 50.6 Å². The summed E-state index contributed by atoms with van der Waals surface area (Å²) in [6.45, 7) is 5.72. The van der Waals surface area contributed by atoms with E-state index in [0.717, 1.165) is 18.5 Å². The number of hydrogen-bond acceptors (Lipinski definition) is 3. The molecule has 2 rings (SSSR count). The van der Waals surface area contributed by atoms with E-state index in [9.17, 15) is 0 Å². The summed E-state index contributed by atoms with van der Waals surface area (Å²) in [6, 6.07) is 0.722. The molecule has 2 fully saturated rings. The largest absolute Gasteiger partial charge is 0.329 e. The van der Waals surface area contributed by atoms with Crippen LogP contribution >= 0.6 is 0 Å². The Morgan fingerprint density at radius 3 is 2.59 bits per heavy atom. The number of piperidine rings is 1. The number of rotatable bonds is 3. The molecule has 1 heterocycles. The molecule has 2 N–H and O–H groups in total. The molecule has 3 heteroatoms. The van der Waals surface area contributed by atoms with E-state index in [0.29, 0.717) is 5.54 Å². The molecule has 3 unspecified atom stereocenters. The third-order valence-electron chi connectivity index (χ3n) is 5.27. The predicted molar refractivity (Wildman–Crippen MR) is 73.1 cm³/mol. The summed E-state index contributed by atoms with van der Waals surface area (Å²) in [7, 11) is 4.42. The van der Waals surface area contributed by atoms with E-state index in [2.05, 4.69) is 30.8 Å². The molecule has 0 amide bonds. The first-order valence-corrected chi connectivity index (χ1v) is 7.21. The Kier molecular flexibility index (Phi) is 4.11. The Balaban J connectivity index is 2.09. The van der Waals surface area contributed by atoms with Crippen molar-refractivity contribution in [2.75, 3.05) is 33.7 Å². The van der Waals surface area contributed by atoms with Crippen LogP contribution in [-0.2, 0) is 0 Å². The Labute approximate surface area is 106 Å². The van der Waals surface area contributed by atoms with Gasteiger partial charge in [0.2, 0.25) is 0 Å². The van der Waals surface area contributed by atoms with Crippen molar-refractivity contribution < 1.29 is 0 Å². The smallest absolute Gasteiger partial charge is 0.0357 e. The van der Waals surface area contributed by atoms with Gasteiger partial charge in [-0.05, 0) is 52.2 Å². The number of likely N-dealkylation sites (N-methyl/N-ethyl adjacent to an activating group) is 1. The average molecular weight is 239 g/mol. The molecule has 0 aromatic carbocycles. The van der Waals surface area contributed by atoms with Crippen LogP contribution in [-0.4, -0.2) is 55.1 Å². The summed E-state index contributed by atoms with van der Waals surface area (Å²) >= 11 is 0. The summed E-state index contributed by atoms with van der Waals surface area (Å²) in [5, 5.41) is 0. The van der Waals surface area contributed by atoms with Gasteiger partial charge in [-0.3, -0.25) is 4.90 Å². The fourth-order valence-corrected chi connectivity index (χ4v) is 3.91. The highest BCUT2D eigenvalue weighted by atomic mass is 15.3. The molecule has 0 aromatic rings. The van der Waals surface area contributed by atoms with Crippen LogP contribution in [0.3, 0.4) is 0 Å². The zero-order chi connectivity index (χ0) is 12.5. The highest BCUT2D eigenvalue weighted by molar-refractivity contribution is 5.02. The lowest BCUT2D eigenvalue weighted by molar-refractivity contribution is 0.0152. The van der Waals surface area contributed by atoms with Crippen molar-refractivity contribution in [2.24, 2.45) is 11.7 Å². The van der Waals surface area contributed by atoms with E-state index in [-0.39, 0.29) is 0 Å². The first-order valence-electron chi connectivity index (χ1n) is 7.21. The van der Waals surface area contributed by atoms with Gasteiger partial charge < -0.3 is 10.6 Å². The second-order valence-corrected chi connectivity index (χ2v) is 6.31. The van der Waals surface area contributed by atoms with Gasteiger partial charge in [-0.25, -0.2) is 0 Å². The molecular weight excluding hydrogens is 210 g/mol. The van der Waals surface area contributed by atoms with Crippen LogP contribution in [0.5, 0.6) is 0 Å². The molecule has 2 aliphatic rings. The lowest BCUT2D eigenvalue weighted by atomic mass is 9.84. The third-order valence-corrected chi connectivity index (χ3v) is 5.27. The molecule has 1 saturated heterocycles. The van der Waals surface area contributed by atoms with E-state index in [4.69, 9.17) is 5.73 Å². The Bertz CT molecular complexity index is 254. The molecule has 1 aliphatic carbocycles. The summed E-state index contributed by atoms with van der Waals surface area (Å²) in [5.74, 6) is 0.772. The van der Waals surface area contributed by atoms with Gasteiger partial charge >= 0.3 is 0 Å². The van der Waals surface area contributed by atoms with Crippen LogP contribution in [0.4, 0.5) is 0 Å². The van der Waals surface area contributed by atoms with E-state index in [1.807, 2.05) is 0 Å². The van der Waals surface area contributed by atoms with Crippen LogP contribution in [0.25, 0.3) is 0 Å². The SMILES string of the molecule is CC1CCCC1(CN)N1CCCC(N(C)C)C1. The lowest BCUT2D eigenvalue weighted by Gasteiger charge is -2.49. The minimum Gasteiger partial charge on any atom is -0.329 e. The van der Waals surface area contributed by atoms with E-state index in [1.54, 1.807) is 0 Å². The van der Waals surface area contributed by atoms with Crippen LogP contribution in [0, 0.1) is 5.92 Å². The normalized spacial score (nSPS) is 40.1. The molecule has 0 bridgehead atoms. The van der Waals surface area contributed by atoms with E-state index >= 15 is 0 Å². The minimum absolute atomic E-state index is 0.314. The number of nitrogens with zero attached hydrogens (tertiary/aromatic N) is 2. The van der Waals surface area contributed by atoms with Crippen molar-refractivity contribution in [3.05, 3.63) is 0 Å². The monoisotopic (exact) mass is 239 g/mol. The molecule has 0 radical (unpaired) electrons. The van der Waals surface area contributed by atoms with Gasteiger partial charge in [0.15, 0.2) is 0 Å². The van der Waals surface area contributed by atoms with Crippen LogP contribution in [0.1, 0.15) is 39.0 Å². The summed E-state index contributed by atoms with van der Waals surface area (Å²) in [6.07, 6.45) is 6.71. The number of hydrogen-bond donors (Lipinski definition) is 1. The van der Waals surface area contributed by atoms with Crippen molar-refractivity contribution in [3.8, 4) is 0 Å².